The molecule has 1 heterocycles. The van der Waals surface area contributed by atoms with E-state index in [1.165, 1.54) is 12.0 Å². The quantitative estimate of drug-likeness (QED) is 0.144. The Hall–Kier alpha value is -3.26. The Morgan fingerprint density at radius 1 is 1.08 bits per heavy atom. The van der Waals surface area contributed by atoms with Crippen molar-refractivity contribution in [1.82, 2.24) is 15.5 Å². The lowest BCUT2D eigenvalue weighted by Crippen LogP contribution is -2.60. The van der Waals surface area contributed by atoms with Crippen LogP contribution in [0.5, 0.6) is 0 Å². The zero-order valence-electron chi connectivity index (χ0n) is 21.5. The summed E-state index contributed by atoms with van der Waals surface area (Å²) < 4.78 is 5.47. The first-order valence-corrected chi connectivity index (χ1v) is 12.2. The fourth-order valence-electron chi connectivity index (χ4n) is 4.27. The Morgan fingerprint density at radius 2 is 1.73 bits per heavy atom. The smallest absolute Gasteiger partial charge is 0.326 e. The van der Waals surface area contributed by atoms with Gasteiger partial charge in [-0.2, -0.15) is 0 Å². The maximum Gasteiger partial charge on any atom is 0.326 e. The summed E-state index contributed by atoms with van der Waals surface area (Å²) >= 11 is 0. The zero-order valence-corrected chi connectivity index (χ0v) is 21.5. The van der Waals surface area contributed by atoms with Gasteiger partial charge in [0.2, 0.25) is 23.6 Å². The second-order valence-electron chi connectivity index (χ2n) is 9.58. The van der Waals surface area contributed by atoms with Crippen LogP contribution in [0.1, 0.15) is 58.8 Å². The number of ether oxygens (including phenoxy) is 1. The summed E-state index contributed by atoms with van der Waals surface area (Å²) in [5, 5.41) is 23.5. The largest absolute Gasteiger partial charge is 0.481 e. The second-order valence-corrected chi connectivity index (χ2v) is 9.58. The lowest BCUT2D eigenvalue weighted by Gasteiger charge is -2.42. The van der Waals surface area contributed by atoms with E-state index < -0.39 is 72.3 Å². The maximum atomic E-state index is 13.4. The predicted molar refractivity (Wildman–Crippen MR) is 130 cm³/mol. The van der Waals surface area contributed by atoms with Crippen LogP contribution < -0.4 is 22.1 Å². The Morgan fingerprint density at radius 3 is 2.24 bits per heavy atom. The third-order valence-corrected chi connectivity index (χ3v) is 6.07. The van der Waals surface area contributed by atoms with Crippen LogP contribution in [0.2, 0.25) is 0 Å². The number of hydrogen-bond acceptors (Lipinski definition) is 8. The van der Waals surface area contributed by atoms with Crippen LogP contribution in [0.15, 0.2) is 0 Å². The minimum Gasteiger partial charge on any atom is -0.481 e. The average Bonchev–Trinajstić information content (AvgIpc) is 2.79. The van der Waals surface area contributed by atoms with E-state index in [1.807, 2.05) is 13.8 Å². The average molecular weight is 530 g/mol. The Kier molecular flexibility index (Phi) is 13.0. The molecule has 1 aliphatic heterocycles. The number of carboxylic acid groups (broad SMARTS) is 2. The molecule has 14 nitrogen and oxygen atoms in total. The number of carbonyl (C=O) groups excluding carboxylic acids is 4. The van der Waals surface area contributed by atoms with Crippen molar-refractivity contribution in [2.24, 2.45) is 17.4 Å². The second kappa shape index (κ2) is 15.1. The number of nitrogens with one attached hydrogen (secondary N) is 2. The van der Waals surface area contributed by atoms with E-state index >= 15 is 0 Å². The maximum absolute atomic E-state index is 13.4. The van der Waals surface area contributed by atoms with E-state index in [1.54, 1.807) is 0 Å². The molecule has 210 valence electrons. The molecule has 0 radical (unpaired) electrons. The van der Waals surface area contributed by atoms with Crippen LogP contribution in [0.3, 0.4) is 0 Å². The molecule has 0 bridgehead atoms. The highest BCUT2D eigenvalue weighted by Gasteiger charge is 2.40. The van der Waals surface area contributed by atoms with Gasteiger partial charge in [-0.05, 0) is 31.6 Å². The third-order valence-electron chi connectivity index (χ3n) is 6.07. The molecule has 8 N–H and O–H groups in total. The number of carboxylic acids is 2. The molecule has 1 rings (SSSR count). The molecule has 1 fully saturated rings. The first-order valence-electron chi connectivity index (χ1n) is 12.2. The molecule has 0 unspecified atom stereocenters. The minimum absolute atomic E-state index is 0.0967. The molecule has 14 heteroatoms. The number of methoxy groups -OCH3 is 1. The zero-order chi connectivity index (χ0) is 28.3. The van der Waals surface area contributed by atoms with E-state index in [9.17, 15) is 39.0 Å². The number of likely N-dealkylation sites (tertiary alicyclic amines) is 1. The number of primary amides is 1. The number of carbonyl (C=O) groups is 6. The summed E-state index contributed by atoms with van der Waals surface area (Å²) in [6.07, 6.45) is -0.759. The van der Waals surface area contributed by atoms with Gasteiger partial charge < -0.3 is 42.0 Å². The third kappa shape index (κ3) is 10.7. The molecule has 1 saturated heterocycles. The molecule has 0 saturated carbocycles. The molecule has 1 aliphatic rings. The van der Waals surface area contributed by atoms with Gasteiger partial charge in [0, 0.05) is 26.5 Å². The summed E-state index contributed by atoms with van der Waals surface area (Å²) in [4.78, 5) is 74.0. The molecular formula is C23H39N5O9. The topological polar surface area (TPSA) is 231 Å². The fraction of sp³-hybridized carbons (Fsp3) is 0.739. The highest BCUT2D eigenvalue weighted by molar-refractivity contribution is 5.93. The number of piperidine rings is 1. The van der Waals surface area contributed by atoms with Gasteiger partial charge in [0.25, 0.3) is 0 Å². The molecule has 0 aromatic rings. The Labute approximate surface area is 215 Å². The number of rotatable bonds is 15. The lowest BCUT2D eigenvalue weighted by atomic mass is 9.94. The SMILES string of the molecule is CO[C@H]1CCCN(C(=O)[C@H](CC(=O)O)NC(=O)[C@@H](N)CC(C)C)[C@H]1CC(=O)N[C@@H](CCC(N)=O)C(=O)O. The molecule has 0 aromatic heterocycles. The van der Waals surface area contributed by atoms with Crippen molar-refractivity contribution in [3.8, 4) is 0 Å². The number of nitrogens with two attached hydrogens (primary N) is 2. The van der Waals surface area contributed by atoms with Gasteiger partial charge in [-0.15, -0.1) is 0 Å². The molecule has 4 amide bonds. The summed E-state index contributed by atoms with van der Waals surface area (Å²) in [6.45, 7) is 3.90. The van der Waals surface area contributed by atoms with Gasteiger partial charge >= 0.3 is 11.9 Å². The van der Waals surface area contributed by atoms with Crippen molar-refractivity contribution >= 4 is 35.6 Å². The first kappa shape index (κ1) is 31.8. The summed E-state index contributed by atoms with van der Waals surface area (Å²) in [6, 6.07) is -4.58. The molecule has 5 atom stereocenters. The van der Waals surface area contributed by atoms with Crippen molar-refractivity contribution in [2.45, 2.75) is 89.1 Å². The van der Waals surface area contributed by atoms with Gasteiger partial charge in [-0.1, -0.05) is 13.8 Å². The molecule has 0 spiro atoms. The van der Waals surface area contributed by atoms with E-state index in [-0.39, 0.29) is 31.7 Å². The molecule has 37 heavy (non-hydrogen) atoms. The van der Waals surface area contributed by atoms with E-state index in [0.29, 0.717) is 19.3 Å². The van der Waals surface area contributed by atoms with Crippen LogP contribution >= 0.6 is 0 Å². The van der Waals surface area contributed by atoms with E-state index in [2.05, 4.69) is 10.6 Å². The predicted octanol–water partition coefficient (Wildman–Crippen LogP) is -1.45. The number of nitrogens with zero attached hydrogens (tertiary/aromatic N) is 1. The minimum atomic E-state index is -1.42. The van der Waals surface area contributed by atoms with Crippen LogP contribution in [0.4, 0.5) is 0 Å². The van der Waals surface area contributed by atoms with Gasteiger partial charge in [0.1, 0.15) is 12.1 Å². The van der Waals surface area contributed by atoms with Gasteiger partial charge in [0.05, 0.1) is 24.6 Å². The van der Waals surface area contributed by atoms with Crippen LogP contribution in [-0.4, -0.2) is 94.6 Å². The number of hydrogen-bond donors (Lipinski definition) is 6. The summed E-state index contributed by atoms with van der Waals surface area (Å²) in [5.41, 5.74) is 11.0. The summed E-state index contributed by atoms with van der Waals surface area (Å²) in [7, 11) is 1.40. The first-order chi connectivity index (χ1) is 17.3. The van der Waals surface area contributed by atoms with Gasteiger partial charge in [0.15, 0.2) is 0 Å². The van der Waals surface area contributed by atoms with Crippen molar-refractivity contribution in [3.63, 3.8) is 0 Å². The number of amides is 4. The van der Waals surface area contributed by atoms with Crippen LogP contribution in [0.25, 0.3) is 0 Å². The lowest BCUT2D eigenvalue weighted by molar-refractivity contribution is -0.150. The highest BCUT2D eigenvalue weighted by Crippen LogP contribution is 2.24. The molecule has 0 aromatic carbocycles. The van der Waals surface area contributed by atoms with E-state index in [4.69, 9.17) is 16.2 Å². The van der Waals surface area contributed by atoms with Gasteiger partial charge in [-0.25, -0.2) is 4.79 Å². The van der Waals surface area contributed by atoms with Crippen LogP contribution in [-0.2, 0) is 33.5 Å². The van der Waals surface area contributed by atoms with Crippen LogP contribution in [0, 0.1) is 5.92 Å². The number of aliphatic carboxylic acids is 2. The van der Waals surface area contributed by atoms with Crippen molar-refractivity contribution in [3.05, 3.63) is 0 Å². The highest BCUT2D eigenvalue weighted by atomic mass is 16.5. The van der Waals surface area contributed by atoms with Crippen molar-refractivity contribution in [1.29, 1.82) is 0 Å². The Balaban J connectivity index is 3.09. The summed E-state index contributed by atoms with van der Waals surface area (Å²) in [5.74, 6) is -5.37. The molecule has 0 aliphatic carbocycles. The Bertz CT molecular complexity index is 850. The normalized spacial score (nSPS) is 20.0. The standard InChI is InChI=1S/C23H39N5O9/c1-12(2)9-13(24)21(33)27-15(10-20(31)32)22(34)28-8-4-5-17(37-3)16(28)11-19(30)26-14(23(35)36)6-7-18(25)29/h12-17H,4-11,24H2,1-3H3,(H2,25,29)(H,26,30)(H,27,33)(H,31,32)(H,35,36)/t13-,14-,15-,16-,17-/m0/s1. The monoisotopic (exact) mass is 529 g/mol. The fourth-order valence-corrected chi connectivity index (χ4v) is 4.27. The van der Waals surface area contributed by atoms with E-state index in [0.717, 1.165) is 0 Å². The van der Waals surface area contributed by atoms with Gasteiger partial charge in [-0.3, -0.25) is 24.0 Å². The van der Waals surface area contributed by atoms with Crippen molar-refractivity contribution < 1.29 is 43.7 Å². The van der Waals surface area contributed by atoms with Crippen molar-refractivity contribution in [2.75, 3.05) is 13.7 Å². The molecular weight excluding hydrogens is 490 g/mol.